The maximum atomic E-state index is 13.3. The summed E-state index contributed by atoms with van der Waals surface area (Å²) < 4.78 is 39.2. The lowest BCUT2D eigenvalue weighted by Gasteiger charge is -2.13. The highest BCUT2D eigenvalue weighted by atomic mass is 32.2. The molecule has 2 aromatic heterocycles. The minimum atomic E-state index is -0.763. The van der Waals surface area contributed by atoms with Crippen LogP contribution in [0.15, 0.2) is 22.0 Å². The van der Waals surface area contributed by atoms with Gasteiger partial charge in [0.25, 0.3) is 0 Å². The number of thioether (sulfide) groups is 2. The Labute approximate surface area is 200 Å². The molecule has 2 aliphatic rings. The first-order valence-electron chi connectivity index (χ1n) is 9.73. The number of hydrogen-bond acceptors (Lipinski definition) is 12. The smallest absolute Gasteiger partial charge is 0.351 e. The molecule has 0 unspecified atom stereocenters. The molecule has 190 valence electrons. The molecule has 4 rings (SSSR count). The molecule has 0 saturated carbocycles. The fourth-order valence-corrected chi connectivity index (χ4v) is 4.63. The van der Waals surface area contributed by atoms with Crippen molar-refractivity contribution in [1.82, 2.24) is 19.1 Å². The van der Waals surface area contributed by atoms with Crippen molar-refractivity contribution in [3.05, 3.63) is 50.7 Å². The number of hydrogen-bond donors (Lipinski definition) is 4. The monoisotopic (exact) mass is 525 g/mol. The summed E-state index contributed by atoms with van der Waals surface area (Å²) in [7, 11) is 1.00. The quantitative estimate of drug-likeness (QED) is 0.400. The molecule has 0 radical (unpaired) electrons. The highest BCUT2D eigenvalue weighted by molar-refractivity contribution is 8.00. The van der Waals surface area contributed by atoms with E-state index in [1.54, 1.807) is 0 Å². The third-order valence-electron chi connectivity index (χ3n) is 4.40. The van der Waals surface area contributed by atoms with E-state index in [1.807, 2.05) is 0 Å². The van der Waals surface area contributed by atoms with Gasteiger partial charge in [0.15, 0.2) is 17.5 Å². The van der Waals surface area contributed by atoms with Gasteiger partial charge in [-0.3, -0.25) is 9.13 Å². The molecule has 4 atom stereocenters. The molecule has 0 amide bonds. The minimum Gasteiger partial charge on any atom is -0.400 e. The summed E-state index contributed by atoms with van der Waals surface area (Å²) in [4.78, 5) is 29.8. The number of aryl methyl sites for hydroxylation is 1. The van der Waals surface area contributed by atoms with Crippen molar-refractivity contribution in [2.45, 2.75) is 30.3 Å². The van der Waals surface area contributed by atoms with Crippen LogP contribution in [0.25, 0.3) is 0 Å². The summed E-state index contributed by atoms with van der Waals surface area (Å²) in [6.45, 7) is 1.15. The van der Waals surface area contributed by atoms with Gasteiger partial charge in [0, 0.05) is 24.8 Å². The zero-order chi connectivity index (χ0) is 25.4. The first-order chi connectivity index (χ1) is 16.2. The van der Waals surface area contributed by atoms with E-state index >= 15 is 0 Å². The fourth-order valence-electron chi connectivity index (χ4n) is 2.77. The zero-order valence-electron chi connectivity index (χ0n) is 18.2. The summed E-state index contributed by atoms with van der Waals surface area (Å²) >= 11 is 2.73. The number of aliphatic hydroxyl groups is 3. The Kier molecular flexibility index (Phi) is 10.9. The molecule has 34 heavy (non-hydrogen) atoms. The van der Waals surface area contributed by atoms with E-state index in [0.29, 0.717) is 11.5 Å². The first kappa shape index (κ1) is 28.2. The molecule has 0 spiro atoms. The van der Waals surface area contributed by atoms with E-state index in [-0.39, 0.29) is 24.3 Å². The minimum absolute atomic E-state index is 0.0746. The second-order valence-corrected chi connectivity index (χ2v) is 8.99. The number of nitrogens with zero attached hydrogens (tertiary/aromatic N) is 4. The highest BCUT2D eigenvalue weighted by Gasteiger charge is 2.29. The van der Waals surface area contributed by atoms with Gasteiger partial charge in [-0.2, -0.15) is 9.97 Å². The Bertz CT molecular complexity index is 990. The molecule has 0 aromatic carbocycles. The number of nitrogen functional groups attached to an aromatic ring is 1. The standard InChI is InChI=1S/C9H11FN2O3S.C8H10FN3O3S.CH4O/c1-5-6(10)2-12(9(14)11-5)7-4-16-8(3-13)15-7;9-4-1-12(8(14)11-7(4)10)5-3-16-6(2-13)15-5;1-2/h2,7-8,13H,3-4H2,1H3;1,5-6,13H,2-3H2,(H2,10,11,14);2H,1H3/t7-,8+;5-,6+;/m00./s1. The Morgan fingerprint density at radius 3 is 1.85 bits per heavy atom. The van der Waals surface area contributed by atoms with Gasteiger partial charge in [0.05, 0.1) is 25.1 Å². The van der Waals surface area contributed by atoms with Crippen molar-refractivity contribution in [3.8, 4) is 0 Å². The summed E-state index contributed by atoms with van der Waals surface area (Å²) in [5.41, 5.74) is 3.28. The van der Waals surface area contributed by atoms with Gasteiger partial charge in [-0.1, -0.05) is 0 Å². The predicted octanol–water partition coefficient (Wildman–Crippen LogP) is -0.575. The van der Waals surface area contributed by atoms with E-state index in [2.05, 4.69) is 9.97 Å². The van der Waals surface area contributed by atoms with E-state index in [0.717, 1.165) is 28.6 Å². The molecule has 2 fully saturated rings. The van der Waals surface area contributed by atoms with Gasteiger partial charge in [0.2, 0.25) is 0 Å². The lowest BCUT2D eigenvalue weighted by Crippen LogP contribution is -2.29. The van der Waals surface area contributed by atoms with Gasteiger partial charge in [-0.15, -0.1) is 23.5 Å². The SMILES string of the molecule is CO.Cc1nc(=O)n([C@@H]2CS[C@H](CO)O2)cc1F.Nc1nc(=O)n([C@@H]2CS[C@H](CO)O2)cc1F. The van der Waals surface area contributed by atoms with Crippen LogP contribution in [0, 0.1) is 18.6 Å². The first-order valence-corrected chi connectivity index (χ1v) is 11.8. The summed E-state index contributed by atoms with van der Waals surface area (Å²) in [6.07, 6.45) is 0.889. The second-order valence-electron chi connectivity index (χ2n) is 6.60. The van der Waals surface area contributed by atoms with Gasteiger partial charge >= 0.3 is 11.4 Å². The Hall–Kier alpha value is -2.08. The third-order valence-corrected chi connectivity index (χ3v) is 6.62. The van der Waals surface area contributed by atoms with Crippen molar-refractivity contribution < 1.29 is 33.6 Å². The van der Waals surface area contributed by atoms with Gasteiger partial charge in [-0.25, -0.2) is 18.4 Å². The average Bonchev–Trinajstić information content (AvgIpc) is 3.50. The fraction of sp³-hybridized carbons (Fsp3) is 0.556. The number of halogens is 2. The normalized spacial score (nSPS) is 23.6. The van der Waals surface area contributed by atoms with Crippen LogP contribution in [0.1, 0.15) is 18.1 Å². The number of aromatic nitrogens is 4. The number of anilines is 1. The third kappa shape index (κ3) is 6.97. The van der Waals surface area contributed by atoms with Crippen molar-refractivity contribution in [1.29, 1.82) is 0 Å². The van der Waals surface area contributed by atoms with Crippen LogP contribution in [0.4, 0.5) is 14.6 Å². The number of ether oxygens (including phenoxy) is 2. The highest BCUT2D eigenvalue weighted by Crippen LogP contribution is 2.31. The maximum Gasteiger partial charge on any atom is 0.351 e. The second kappa shape index (κ2) is 13.1. The summed E-state index contributed by atoms with van der Waals surface area (Å²) in [5, 5.41) is 24.7. The van der Waals surface area contributed by atoms with E-state index < -0.39 is 46.7 Å². The molecular formula is C18H25F2N5O7S2. The van der Waals surface area contributed by atoms with Crippen molar-refractivity contribution >= 4 is 29.3 Å². The van der Waals surface area contributed by atoms with Crippen LogP contribution in [0.2, 0.25) is 0 Å². The lowest BCUT2D eigenvalue weighted by molar-refractivity contribution is -0.00691. The van der Waals surface area contributed by atoms with Crippen LogP contribution in [-0.4, -0.2) is 77.1 Å². The van der Waals surface area contributed by atoms with Gasteiger partial charge in [0.1, 0.15) is 23.3 Å². The Morgan fingerprint density at radius 1 is 0.971 bits per heavy atom. The molecule has 0 bridgehead atoms. The molecule has 5 N–H and O–H groups in total. The molecule has 0 aliphatic carbocycles. The Balaban J connectivity index is 0.000000224. The molecule has 2 aliphatic heterocycles. The van der Waals surface area contributed by atoms with Crippen molar-refractivity contribution in [2.75, 3.05) is 37.6 Å². The number of rotatable bonds is 4. The average molecular weight is 526 g/mol. The van der Waals surface area contributed by atoms with Crippen LogP contribution in [0.3, 0.4) is 0 Å². The summed E-state index contributed by atoms with van der Waals surface area (Å²) in [5.74, 6) is -0.780. The molecule has 4 heterocycles. The zero-order valence-corrected chi connectivity index (χ0v) is 19.8. The van der Waals surface area contributed by atoms with Crippen molar-refractivity contribution in [3.63, 3.8) is 0 Å². The van der Waals surface area contributed by atoms with Crippen LogP contribution in [-0.2, 0) is 9.47 Å². The molecular weight excluding hydrogens is 500 g/mol. The molecule has 12 nitrogen and oxygen atoms in total. The van der Waals surface area contributed by atoms with Gasteiger partial charge < -0.3 is 30.5 Å². The van der Waals surface area contributed by atoms with Crippen molar-refractivity contribution in [2.24, 2.45) is 0 Å². The Morgan fingerprint density at radius 2 is 1.41 bits per heavy atom. The van der Waals surface area contributed by atoms with Crippen LogP contribution in [0.5, 0.6) is 0 Å². The largest absolute Gasteiger partial charge is 0.400 e. The predicted molar refractivity (Wildman–Crippen MR) is 121 cm³/mol. The lowest BCUT2D eigenvalue weighted by atomic mass is 10.4. The maximum absolute atomic E-state index is 13.3. The van der Waals surface area contributed by atoms with E-state index in [9.17, 15) is 18.4 Å². The molecule has 2 aromatic rings. The van der Waals surface area contributed by atoms with Crippen LogP contribution >= 0.6 is 23.5 Å². The number of aliphatic hydroxyl groups excluding tert-OH is 3. The summed E-state index contributed by atoms with van der Waals surface area (Å²) in [6, 6.07) is 0. The van der Waals surface area contributed by atoms with Gasteiger partial charge in [-0.05, 0) is 6.92 Å². The van der Waals surface area contributed by atoms with E-state index in [1.165, 1.54) is 30.4 Å². The van der Waals surface area contributed by atoms with Crippen LogP contribution < -0.4 is 17.1 Å². The van der Waals surface area contributed by atoms with E-state index in [4.69, 9.17) is 30.5 Å². The molecule has 2 saturated heterocycles. The topological polar surface area (TPSA) is 175 Å². The molecule has 16 heteroatoms. The number of nitrogens with two attached hydrogens (primary N) is 1.